The quantitative estimate of drug-likeness (QED) is 0.927. The summed E-state index contributed by atoms with van der Waals surface area (Å²) < 4.78 is 10.7. The van der Waals surface area contributed by atoms with Gasteiger partial charge in [0.1, 0.15) is 11.5 Å². The Hall–Kier alpha value is -2.00. The van der Waals surface area contributed by atoms with Crippen molar-refractivity contribution in [3.63, 3.8) is 0 Å². The van der Waals surface area contributed by atoms with Crippen LogP contribution in [0.1, 0.15) is 28.3 Å². The fraction of sp³-hybridized carbons (Fsp3) is 0.294. The Morgan fingerprint density at radius 2 is 1.60 bits per heavy atom. The molecule has 0 saturated carbocycles. The highest BCUT2D eigenvalue weighted by molar-refractivity contribution is 5.48. The van der Waals surface area contributed by atoms with Crippen LogP contribution in [0, 0.1) is 13.8 Å². The van der Waals surface area contributed by atoms with Crippen LogP contribution in [0.5, 0.6) is 11.5 Å². The van der Waals surface area contributed by atoms with Crippen LogP contribution in [0.3, 0.4) is 0 Å². The second-order valence-electron chi connectivity index (χ2n) is 4.95. The Bertz CT molecular complexity index is 591. The molecule has 3 nitrogen and oxygen atoms in total. The van der Waals surface area contributed by atoms with Crippen molar-refractivity contribution < 1.29 is 9.47 Å². The lowest BCUT2D eigenvalue weighted by Crippen LogP contribution is -2.14. The zero-order valence-corrected chi connectivity index (χ0v) is 12.4. The molecule has 0 aliphatic heterocycles. The van der Waals surface area contributed by atoms with E-state index in [0.29, 0.717) is 0 Å². The van der Waals surface area contributed by atoms with Gasteiger partial charge in [-0.25, -0.2) is 0 Å². The Balaban J connectivity index is 2.44. The number of ether oxygens (including phenoxy) is 2. The summed E-state index contributed by atoms with van der Waals surface area (Å²) in [5.74, 6) is 1.67. The first kappa shape index (κ1) is 14.4. The minimum absolute atomic E-state index is 0.212. The van der Waals surface area contributed by atoms with Crippen LogP contribution in [-0.2, 0) is 0 Å². The predicted octanol–water partition coefficient (Wildman–Crippen LogP) is 3.37. The van der Waals surface area contributed by atoms with Crippen molar-refractivity contribution in [2.45, 2.75) is 19.9 Å². The molecule has 106 valence electrons. The smallest absolute Gasteiger partial charge is 0.124 e. The summed E-state index contributed by atoms with van der Waals surface area (Å²) in [7, 11) is 3.33. The molecule has 0 saturated heterocycles. The maximum atomic E-state index is 6.41. The molecule has 0 bridgehead atoms. The molecule has 0 radical (unpaired) electrons. The third kappa shape index (κ3) is 2.78. The topological polar surface area (TPSA) is 44.5 Å². The van der Waals surface area contributed by atoms with Gasteiger partial charge in [0.25, 0.3) is 0 Å². The van der Waals surface area contributed by atoms with E-state index in [0.717, 1.165) is 28.2 Å². The Morgan fingerprint density at radius 1 is 0.950 bits per heavy atom. The zero-order valence-electron chi connectivity index (χ0n) is 12.4. The molecule has 20 heavy (non-hydrogen) atoms. The van der Waals surface area contributed by atoms with E-state index in [2.05, 4.69) is 19.9 Å². The van der Waals surface area contributed by atoms with E-state index in [9.17, 15) is 0 Å². The van der Waals surface area contributed by atoms with Crippen LogP contribution < -0.4 is 15.2 Å². The van der Waals surface area contributed by atoms with Gasteiger partial charge in [-0.1, -0.05) is 18.2 Å². The zero-order chi connectivity index (χ0) is 14.7. The number of hydrogen-bond acceptors (Lipinski definition) is 3. The number of methoxy groups -OCH3 is 2. The van der Waals surface area contributed by atoms with Gasteiger partial charge in [-0.2, -0.15) is 0 Å². The molecular formula is C17H21NO2. The summed E-state index contributed by atoms with van der Waals surface area (Å²) in [5.41, 5.74) is 10.8. The van der Waals surface area contributed by atoms with E-state index in [1.807, 2.05) is 30.3 Å². The van der Waals surface area contributed by atoms with Gasteiger partial charge in [-0.05, 0) is 48.7 Å². The largest absolute Gasteiger partial charge is 0.497 e. The van der Waals surface area contributed by atoms with E-state index < -0.39 is 0 Å². The summed E-state index contributed by atoms with van der Waals surface area (Å²) in [6.45, 7) is 4.12. The van der Waals surface area contributed by atoms with Crippen molar-refractivity contribution >= 4 is 0 Å². The standard InChI is InChI=1S/C17H21NO2/c1-11-9-12(2)16(15(10-11)20-4)17(18)13-5-7-14(19-3)8-6-13/h5-10,17H,18H2,1-4H3. The molecular weight excluding hydrogens is 250 g/mol. The lowest BCUT2D eigenvalue weighted by Gasteiger charge is -2.19. The minimum atomic E-state index is -0.212. The first-order valence-electron chi connectivity index (χ1n) is 6.61. The van der Waals surface area contributed by atoms with Crippen molar-refractivity contribution in [1.29, 1.82) is 0 Å². The van der Waals surface area contributed by atoms with Gasteiger partial charge < -0.3 is 15.2 Å². The van der Waals surface area contributed by atoms with Crippen molar-refractivity contribution in [2.24, 2.45) is 5.73 Å². The molecule has 2 aromatic rings. The van der Waals surface area contributed by atoms with Crippen molar-refractivity contribution in [3.05, 3.63) is 58.7 Å². The van der Waals surface area contributed by atoms with Crippen LogP contribution in [-0.4, -0.2) is 14.2 Å². The molecule has 2 N–H and O–H groups in total. The number of nitrogens with two attached hydrogens (primary N) is 1. The Kier molecular flexibility index (Phi) is 4.30. The molecule has 0 fully saturated rings. The molecule has 0 spiro atoms. The summed E-state index contributed by atoms with van der Waals surface area (Å²) in [6.07, 6.45) is 0. The molecule has 0 aliphatic carbocycles. The van der Waals surface area contributed by atoms with Crippen molar-refractivity contribution in [3.8, 4) is 11.5 Å². The molecule has 0 aliphatic rings. The van der Waals surface area contributed by atoms with Gasteiger partial charge in [0, 0.05) is 5.56 Å². The van der Waals surface area contributed by atoms with Crippen LogP contribution >= 0.6 is 0 Å². The second kappa shape index (κ2) is 5.97. The van der Waals surface area contributed by atoms with Crippen molar-refractivity contribution in [1.82, 2.24) is 0 Å². The summed E-state index contributed by atoms with van der Waals surface area (Å²) >= 11 is 0. The van der Waals surface area contributed by atoms with Crippen LogP contribution in [0.4, 0.5) is 0 Å². The highest BCUT2D eigenvalue weighted by atomic mass is 16.5. The SMILES string of the molecule is COc1ccc(C(N)c2c(C)cc(C)cc2OC)cc1. The second-order valence-corrected chi connectivity index (χ2v) is 4.95. The molecule has 2 aromatic carbocycles. The molecule has 2 rings (SSSR count). The third-order valence-corrected chi connectivity index (χ3v) is 3.50. The van der Waals surface area contributed by atoms with E-state index in [1.54, 1.807) is 14.2 Å². The number of rotatable bonds is 4. The van der Waals surface area contributed by atoms with Gasteiger partial charge in [-0.15, -0.1) is 0 Å². The highest BCUT2D eigenvalue weighted by Gasteiger charge is 2.17. The van der Waals surface area contributed by atoms with Gasteiger partial charge in [-0.3, -0.25) is 0 Å². The van der Waals surface area contributed by atoms with Gasteiger partial charge in [0.2, 0.25) is 0 Å². The summed E-state index contributed by atoms with van der Waals surface area (Å²) in [5, 5.41) is 0. The van der Waals surface area contributed by atoms with E-state index in [-0.39, 0.29) is 6.04 Å². The van der Waals surface area contributed by atoms with E-state index in [4.69, 9.17) is 15.2 Å². The van der Waals surface area contributed by atoms with Crippen molar-refractivity contribution in [2.75, 3.05) is 14.2 Å². The van der Waals surface area contributed by atoms with Crippen LogP contribution in [0.25, 0.3) is 0 Å². The molecule has 0 aromatic heterocycles. The molecule has 0 heterocycles. The van der Waals surface area contributed by atoms with Gasteiger partial charge >= 0.3 is 0 Å². The number of benzene rings is 2. The monoisotopic (exact) mass is 271 g/mol. The fourth-order valence-corrected chi connectivity index (χ4v) is 2.49. The minimum Gasteiger partial charge on any atom is -0.497 e. The average molecular weight is 271 g/mol. The summed E-state index contributed by atoms with van der Waals surface area (Å²) in [6, 6.07) is 11.8. The lowest BCUT2D eigenvalue weighted by molar-refractivity contribution is 0.406. The van der Waals surface area contributed by atoms with E-state index >= 15 is 0 Å². The highest BCUT2D eigenvalue weighted by Crippen LogP contribution is 2.32. The number of hydrogen-bond donors (Lipinski definition) is 1. The molecule has 3 heteroatoms. The third-order valence-electron chi connectivity index (χ3n) is 3.50. The average Bonchev–Trinajstić information content (AvgIpc) is 2.46. The first-order valence-corrected chi connectivity index (χ1v) is 6.61. The van der Waals surface area contributed by atoms with Gasteiger partial charge in [0.15, 0.2) is 0 Å². The molecule has 1 unspecified atom stereocenters. The maximum Gasteiger partial charge on any atom is 0.124 e. The Labute approximate surface area is 120 Å². The van der Waals surface area contributed by atoms with Crippen LogP contribution in [0.15, 0.2) is 36.4 Å². The number of aryl methyl sites for hydroxylation is 2. The van der Waals surface area contributed by atoms with Crippen LogP contribution in [0.2, 0.25) is 0 Å². The maximum absolute atomic E-state index is 6.41. The fourth-order valence-electron chi connectivity index (χ4n) is 2.49. The molecule has 1 atom stereocenters. The lowest BCUT2D eigenvalue weighted by atomic mass is 9.93. The Morgan fingerprint density at radius 3 is 2.15 bits per heavy atom. The normalized spacial score (nSPS) is 12.1. The first-order chi connectivity index (χ1) is 9.56. The van der Waals surface area contributed by atoms with Gasteiger partial charge in [0.05, 0.1) is 20.3 Å². The molecule has 0 amide bonds. The predicted molar refractivity (Wildman–Crippen MR) is 81.5 cm³/mol. The summed E-state index contributed by atoms with van der Waals surface area (Å²) in [4.78, 5) is 0. The van der Waals surface area contributed by atoms with E-state index in [1.165, 1.54) is 5.56 Å².